The molecule has 3 rings (SSSR count). The number of aromatic nitrogens is 3. The van der Waals surface area contributed by atoms with Gasteiger partial charge in [-0.25, -0.2) is 9.97 Å². The molecule has 9 heteroatoms. The van der Waals surface area contributed by atoms with Crippen molar-refractivity contribution in [1.29, 1.82) is 0 Å². The summed E-state index contributed by atoms with van der Waals surface area (Å²) < 4.78 is 0. The van der Waals surface area contributed by atoms with E-state index in [1.165, 1.54) is 0 Å². The van der Waals surface area contributed by atoms with Crippen LogP contribution in [-0.4, -0.2) is 41.1 Å². The van der Waals surface area contributed by atoms with Crippen LogP contribution in [0, 0.1) is 0 Å². The second-order valence-electron chi connectivity index (χ2n) is 7.11. The molecule has 0 saturated carbocycles. The summed E-state index contributed by atoms with van der Waals surface area (Å²) in [5.41, 5.74) is 2.96. The maximum absolute atomic E-state index is 10.7. The zero-order valence-electron chi connectivity index (χ0n) is 18.6. The first-order chi connectivity index (χ1) is 15.1. The van der Waals surface area contributed by atoms with E-state index in [1.54, 1.807) is 12.3 Å². The molecule has 0 fully saturated rings. The number of anilines is 2. The van der Waals surface area contributed by atoms with Crippen LogP contribution in [-0.2, 0) is 17.8 Å². The van der Waals surface area contributed by atoms with Crippen molar-refractivity contribution in [3.05, 3.63) is 65.9 Å². The van der Waals surface area contributed by atoms with Crippen LogP contribution in [0.25, 0.3) is 11.5 Å². The molecule has 0 aliphatic heterocycles. The van der Waals surface area contributed by atoms with Crippen molar-refractivity contribution in [1.82, 2.24) is 20.3 Å². The molecule has 0 unspecified atom stereocenters. The number of carboxylic acids is 1. The van der Waals surface area contributed by atoms with Gasteiger partial charge in [-0.2, -0.15) is 0 Å². The van der Waals surface area contributed by atoms with E-state index >= 15 is 0 Å². The van der Waals surface area contributed by atoms with E-state index in [4.69, 9.17) is 0 Å². The number of aliphatic carboxylic acids is 1. The van der Waals surface area contributed by atoms with E-state index in [1.807, 2.05) is 49.5 Å². The van der Waals surface area contributed by atoms with Crippen LogP contribution in [0.15, 0.2) is 54.7 Å². The Labute approximate surface area is 200 Å². The second kappa shape index (κ2) is 13.5. The van der Waals surface area contributed by atoms with Crippen LogP contribution in [0.5, 0.6) is 0 Å². The summed E-state index contributed by atoms with van der Waals surface area (Å²) in [5, 5.41) is 20.2. The van der Waals surface area contributed by atoms with Gasteiger partial charge in [0.15, 0.2) is 5.82 Å². The molecular formula is C23H27LiN6O2. The van der Waals surface area contributed by atoms with Gasteiger partial charge < -0.3 is 25.9 Å². The molecular weight excluding hydrogens is 399 g/mol. The van der Waals surface area contributed by atoms with Crippen molar-refractivity contribution in [3.63, 3.8) is 0 Å². The third-order valence-corrected chi connectivity index (χ3v) is 4.62. The van der Waals surface area contributed by atoms with Crippen molar-refractivity contribution in [3.8, 4) is 11.5 Å². The summed E-state index contributed by atoms with van der Waals surface area (Å²) in [6.07, 6.45) is 3.61. The number of pyridine rings is 1. The van der Waals surface area contributed by atoms with Crippen LogP contribution in [0.1, 0.15) is 24.0 Å². The molecule has 162 valence electrons. The molecule has 0 radical (unpaired) electrons. The Hall–Kier alpha value is -2.92. The average Bonchev–Trinajstić information content (AvgIpc) is 2.78. The van der Waals surface area contributed by atoms with Gasteiger partial charge in [-0.05, 0) is 49.7 Å². The quantitative estimate of drug-likeness (QED) is 0.246. The molecule has 3 aromatic rings. The molecule has 0 aliphatic carbocycles. The monoisotopic (exact) mass is 426 g/mol. The molecule has 0 aliphatic rings. The van der Waals surface area contributed by atoms with Crippen LogP contribution < -0.4 is 39.9 Å². The Morgan fingerprint density at radius 1 is 0.969 bits per heavy atom. The zero-order valence-corrected chi connectivity index (χ0v) is 18.6. The Morgan fingerprint density at radius 2 is 1.72 bits per heavy atom. The van der Waals surface area contributed by atoms with Crippen molar-refractivity contribution in [2.75, 3.05) is 30.8 Å². The van der Waals surface area contributed by atoms with Gasteiger partial charge in [-0.1, -0.05) is 30.3 Å². The SMILES string of the molecule is CNCCCc1ccnc(-c2nc(NCCC(=O)[O-])cc(NCc3ccccc3)n2)c1.[Li+]. The van der Waals surface area contributed by atoms with E-state index in [0.29, 0.717) is 29.7 Å². The standard InChI is InChI=1S/C23H28N6O2.Li/c1-24-11-5-8-17-9-12-25-19(14-17)23-28-20(26-13-10-22(30)31)15-21(29-23)27-16-18-6-3-2-4-7-18;/h2-4,6-7,9,12,14-15,24H,5,8,10-11,13,16H2,1H3,(H,30,31)(H2,26,27,28,29);/q;+1/p-1. The van der Waals surface area contributed by atoms with E-state index in [9.17, 15) is 9.90 Å². The number of benzene rings is 1. The maximum atomic E-state index is 10.7. The number of aryl methyl sites for hydroxylation is 1. The number of nitrogens with one attached hydrogen (secondary N) is 3. The van der Waals surface area contributed by atoms with E-state index in [0.717, 1.165) is 30.5 Å². The Balaban J connectivity index is 0.00000363. The fourth-order valence-corrected chi connectivity index (χ4v) is 3.05. The molecule has 3 N–H and O–H groups in total. The number of nitrogens with zero attached hydrogens (tertiary/aromatic N) is 3. The third kappa shape index (κ3) is 8.31. The molecule has 0 bridgehead atoms. The van der Waals surface area contributed by atoms with E-state index < -0.39 is 5.97 Å². The molecule has 0 spiro atoms. The Bertz CT molecular complexity index is 987. The molecule has 0 atom stereocenters. The first-order valence-corrected chi connectivity index (χ1v) is 10.3. The van der Waals surface area contributed by atoms with E-state index in [-0.39, 0.29) is 31.8 Å². The van der Waals surface area contributed by atoms with Gasteiger partial charge in [0.2, 0.25) is 0 Å². The third-order valence-electron chi connectivity index (χ3n) is 4.62. The largest absolute Gasteiger partial charge is 1.00 e. The summed E-state index contributed by atoms with van der Waals surface area (Å²) in [6.45, 7) is 1.77. The fourth-order valence-electron chi connectivity index (χ4n) is 3.05. The smallest absolute Gasteiger partial charge is 0.550 e. The van der Waals surface area contributed by atoms with Gasteiger partial charge in [0, 0.05) is 37.7 Å². The topological polar surface area (TPSA) is 115 Å². The normalized spacial score (nSPS) is 10.3. The van der Waals surface area contributed by atoms with Crippen molar-refractivity contribution < 1.29 is 28.8 Å². The minimum absolute atomic E-state index is 0. The van der Waals surface area contributed by atoms with Crippen molar-refractivity contribution in [2.45, 2.75) is 25.8 Å². The molecule has 2 heterocycles. The van der Waals surface area contributed by atoms with Crippen molar-refractivity contribution >= 4 is 17.6 Å². The predicted octanol–water partition coefficient (Wildman–Crippen LogP) is -1.14. The number of hydrogen-bond donors (Lipinski definition) is 3. The molecule has 0 amide bonds. The maximum Gasteiger partial charge on any atom is 1.00 e. The van der Waals surface area contributed by atoms with Crippen molar-refractivity contribution in [2.24, 2.45) is 0 Å². The summed E-state index contributed by atoms with van der Waals surface area (Å²) in [5.74, 6) is 0.529. The van der Waals surface area contributed by atoms with Crippen LogP contribution in [0.4, 0.5) is 11.6 Å². The zero-order chi connectivity index (χ0) is 21.9. The molecule has 1 aromatic carbocycles. The summed E-state index contributed by atoms with van der Waals surface area (Å²) in [7, 11) is 1.94. The number of carboxylic acid groups (broad SMARTS) is 1. The molecule has 2 aromatic heterocycles. The van der Waals surface area contributed by atoms with Gasteiger partial charge >= 0.3 is 18.9 Å². The number of rotatable bonds is 12. The summed E-state index contributed by atoms with van der Waals surface area (Å²) in [4.78, 5) is 24.4. The first-order valence-electron chi connectivity index (χ1n) is 10.3. The second-order valence-corrected chi connectivity index (χ2v) is 7.11. The van der Waals surface area contributed by atoms with Gasteiger partial charge in [-0.15, -0.1) is 0 Å². The number of carbonyl (C=O) groups excluding carboxylic acids is 1. The van der Waals surface area contributed by atoms with Gasteiger partial charge in [0.25, 0.3) is 0 Å². The average molecular weight is 426 g/mol. The van der Waals surface area contributed by atoms with Crippen LogP contribution in [0.3, 0.4) is 0 Å². The Morgan fingerprint density at radius 3 is 2.44 bits per heavy atom. The number of hydrogen-bond acceptors (Lipinski definition) is 8. The fraction of sp³-hybridized carbons (Fsp3) is 0.304. The predicted molar refractivity (Wildman–Crippen MR) is 119 cm³/mol. The molecule has 0 saturated heterocycles. The van der Waals surface area contributed by atoms with Gasteiger partial charge in [0.1, 0.15) is 17.3 Å². The molecule has 8 nitrogen and oxygen atoms in total. The first kappa shape index (κ1) is 25.3. The summed E-state index contributed by atoms with van der Waals surface area (Å²) in [6, 6.07) is 15.8. The Kier molecular flexibility index (Phi) is 10.7. The van der Waals surface area contributed by atoms with Crippen LogP contribution >= 0.6 is 0 Å². The molecule has 32 heavy (non-hydrogen) atoms. The minimum atomic E-state index is -1.11. The number of carbonyl (C=O) groups is 1. The summed E-state index contributed by atoms with van der Waals surface area (Å²) >= 11 is 0. The minimum Gasteiger partial charge on any atom is -0.550 e. The van der Waals surface area contributed by atoms with Gasteiger partial charge in [-0.3, -0.25) is 4.98 Å². The van der Waals surface area contributed by atoms with Gasteiger partial charge in [0.05, 0.1) is 0 Å². The van der Waals surface area contributed by atoms with E-state index in [2.05, 4.69) is 30.9 Å². The van der Waals surface area contributed by atoms with Crippen LogP contribution in [0.2, 0.25) is 0 Å².